The Kier molecular flexibility index (Phi) is 4.72. The van der Waals surface area contributed by atoms with Crippen LogP contribution < -0.4 is 10.1 Å². The van der Waals surface area contributed by atoms with E-state index >= 15 is 0 Å². The molecule has 1 aromatic carbocycles. The fourth-order valence-corrected chi connectivity index (χ4v) is 2.37. The van der Waals surface area contributed by atoms with E-state index in [9.17, 15) is 19.3 Å². The molecule has 0 radical (unpaired) electrons. The third-order valence-corrected chi connectivity index (χ3v) is 3.49. The highest BCUT2D eigenvalue weighted by molar-refractivity contribution is 5.81. The third-order valence-electron chi connectivity index (χ3n) is 3.49. The molecule has 1 aliphatic rings. The lowest BCUT2D eigenvalue weighted by molar-refractivity contribution is -0.386. The van der Waals surface area contributed by atoms with Crippen LogP contribution in [0, 0.1) is 15.9 Å². The van der Waals surface area contributed by atoms with Crippen molar-refractivity contribution in [3.05, 3.63) is 34.1 Å². The van der Waals surface area contributed by atoms with Gasteiger partial charge in [0.2, 0.25) is 5.75 Å². The molecule has 0 heterocycles. The van der Waals surface area contributed by atoms with Gasteiger partial charge in [0.1, 0.15) is 5.82 Å². The van der Waals surface area contributed by atoms with Crippen LogP contribution in [0.5, 0.6) is 5.75 Å². The zero-order valence-corrected chi connectivity index (χ0v) is 11.7. The number of hydrogen-bond donors (Lipinski definition) is 1. The predicted octanol–water partition coefficient (Wildman–Crippen LogP) is 2.56. The van der Waals surface area contributed by atoms with Crippen LogP contribution in [0.25, 0.3) is 0 Å². The Bertz CT molecular complexity index is 544. The Balaban J connectivity index is 2.04. The maximum Gasteiger partial charge on any atom is 0.311 e. The molecule has 7 heteroatoms. The van der Waals surface area contributed by atoms with Gasteiger partial charge in [-0.3, -0.25) is 14.9 Å². The highest BCUT2D eigenvalue weighted by atomic mass is 19.1. The largest absolute Gasteiger partial charge is 0.474 e. The van der Waals surface area contributed by atoms with E-state index in [-0.39, 0.29) is 23.4 Å². The van der Waals surface area contributed by atoms with Gasteiger partial charge in [-0.1, -0.05) is 12.8 Å². The number of carbonyl (C=O) groups excluding carboxylic acids is 1. The molecule has 0 aromatic heterocycles. The van der Waals surface area contributed by atoms with Crippen molar-refractivity contribution >= 4 is 11.6 Å². The third kappa shape index (κ3) is 3.90. The smallest absolute Gasteiger partial charge is 0.311 e. The molecule has 1 aliphatic carbocycles. The highest BCUT2D eigenvalue weighted by Crippen LogP contribution is 2.28. The molecule has 0 spiro atoms. The summed E-state index contributed by atoms with van der Waals surface area (Å²) >= 11 is 0. The standard InChI is InChI=1S/C14H17FN2O4/c1-9(14(18)16-11-4-2-3-5-11)21-13-8-10(15)6-7-12(13)17(19)20/h6-9,11H,2-5H2,1H3,(H,16,18)/t9-/m1/s1. The van der Waals surface area contributed by atoms with Crippen molar-refractivity contribution in [1.29, 1.82) is 0 Å². The van der Waals surface area contributed by atoms with E-state index in [0.29, 0.717) is 0 Å². The SMILES string of the molecule is C[C@@H](Oc1cc(F)ccc1[N+](=O)[O-])C(=O)NC1CCCC1. The summed E-state index contributed by atoms with van der Waals surface area (Å²) in [4.78, 5) is 22.2. The van der Waals surface area contributed by atoms with Crippen molar-refractivity contribution in [3.8, 4) is 5.75 Å². The van der Waals surface area contributed by atoms with E-state index in [1.165, 1.54) is 6.92 Å². The molecule has 0 saturated heterocycles. The van der Waals surface area contributed by atoms with Crippen LogP contribution in [0.1, 0.15) is 32.6 Å². The van der Waals surface area contributed by atoms with E-state index in [4.69, 9.17) is 4.74 Å². The van der Waals surface area contributed by atoms with Crippen molar-refractivity contribution in [3.63, 3.8) is 0 Å². The topological polar surface area (TPSA) is 81.5 Å². The summed E-state index contributed by atoms with van der Waals surface area (Å²) in [5, 5.41) is 13.7. The van der Waals surface area contributed by atoms with Gasteiger partial charge in [0, 0.05) is 18.2 Å². The fourth-order valence-electron chi connectivity index (χ4n) is 2.37. The maximum absolute atomic E-state index is 13.2. The first kappa shape index (κ1) is 15.2. The second kappa shape index (κ2) is 6.51. The van der Waals surface area contributed by atoms with Gasteiger partial charge in [-0.15, -0.1) is 0 Å². The van der Waals surface area contributed by atoms with Crippen LogP contribution in [0.4, 0.5) is 10.1 Å². The lowest BCUT2D eigenvalue weighted by Crippen LogP contribution is -2.41. The van der Waals surface area contributed by atoms with Crippen LogP contribution >= 0.6 is 0 Å². The van der Waals surface area contributed by atoms with Gasteiger partial charge in [0.25, 0.3) is 5.91 Å². The molecule has 0 bridgehead atoms. The molecular formula is C14H17FN2O4. The van der Waals surface area contributed by atoms with Crippen LogP contribution in [-0.2, 0) is 4.79 Å². The van der Waals surface area contributed by atoms with E-state index in [0.717, 1.165) is 43.9 Å². The Morgan fingerprint density at radius 2 is 2.14 bits per heavy atom. The van der Waals surface area contributed by atoms with Gasteiger partial charge >= 0.3 is 5.69 Å². The number of rotatable bonds is 5. The number of nitro groups is 1. The highest BCUT2D eigenvalue weighted by Gasteiger charge is 2.24. The molecule has 2 rings (SSSR count). The summed E-state index contributed by atoms with van der Waals surface area (Å²) in [6, 6.07) is 3.05. The number of carbonyl (C=O) groups is 1. The summed E-state index contributed by atoms with van der Waals surface area (Å²) < 4.78 is 18.5. The van der Waals surface area contributed by atoms with Crippen molar-refractivity contribution in [2.24, 2.45) is 0 Å². The molecule has 1 N–H and O–H groups in total. The normalized spacial score (nSPS) is 16.5. The molecule has 21 heavy (non-hydrogen) atoms. The zero-order valence-electron chi connectivity index (χ0n) is 11.7. The van der Waals surface area contributed by atoms with E-state index in [1.807, 2.05) is 0 Å². The van der Waals surface area contributed by atoms with E-state index in [1.54, 1.807) is 0 Å². The average Bonchev–Trinajstić information content (AvgIpc) is 2.91. The number of halogens is 1. The second-order valence-corrected chi connectivity index (χ2v) is 5.12. The van der Waals surface area contributed by atoms with Gasteiger partial charge in [-0.25, -0.2) is 4.39 Å². The molecule has 1 fully saturated rings. The number of nitro benzene ring substituents is 1. The van der Waals surface area contributed by atoms with Crippen LogP contribution in [0.3, 0.4) is 0 Å². The number of nitrogens with zero attached hydrogens (tertiary/aromatic N) is 1. The Morgan fingerprint density at radius 1 is 1.48 bits per heavy atom. The van der Waals surface area contributed by atoms with Crippen LogP contribution in [-0.4, -0.2) is 23.0 Å². The van der Waals surface area contributed by atoms with Crippen molar-refractivity contribution in [2.75, 3.05) is 0 Å². The van der Waals surface area contributed by atoms with E-state index < -0.39 is 16.8 Å². The minimum atomic E-state index is -0.925. The van der Waals surface area contributed by atoms with Crippen molar-refractivity contribution in [1.82, 2.24) is 5.32 Å². The van der Waals surface area contributed by atoms with Gasteiger partial charge in [-0.05, 0) is 25.8 Å². The Morgan fingerprint density at radius 3 is 2.76 bits per heavy atom. The monoisotopic (exact) mass is 296 g/mol. The molecule has 1 aromatic rings. The lowest BCUT2D eigenvalue weighted by Gasteiger charge is -2.18. The minimum absolute atomic E-state index is 0.131. The quantitative estimate of drug-likeness (QED) is 0.668. The van der Waals surface area contributed by atoms with Crippen LogP contribution in [0.15, 0.2) is 18.2 Å². The predicted molar refractivity (Wildman–Crippen MR) is 73.5 cm³/mol. The summed E-state index contributed by atoms with van der Waals surface area (Å²) in [5.41, 5.74) is -0.364. The second-order valence-electron chi connectivity index (χ2n) is 5.12. The fraction of sp³-hybridized carbons (Fsp3) is 0.500. The first-order valence-corrected chi connectivity index (χ1v) is 6.88. The Hall–Kier alpha value is -2.18. The van der Waals surface area contributed by atoms with Gasteiger partial charge in [0.15, 0.2) is 6.10 Å². The molecular weight excluding hydrogens is 279 g/mol. The average molecular weight is 296 g/mol. The van der Waals surface area contributed by atoms with Crippen molar-refractivity contribution in [2.45, 2.75) is 44.8 Å². The summed E-state index contributed by atoms with van der Waals surface area (Å²) in [6.45, 7) is 1.49. The number of ether oxygens (including phenoxy) is 1. The van der Waals surface area contributed by atoms with Gasteiger partial charge < -0.3 is 10.1 Å². The molecule has 1 saturated carbocycles. The minimum Gasteiger partial charge on any atom is -0.474 e. The number of nitrogens with one attached hydrogen (secondary N) is 1. The molecule has 114 valence electrons. The molecule has 0 unspecified atom stereocenters. The first-order chi connectivity index (χ1) is 9.97. The van der Waals surface area contributed by atoms with Gasteiger partial charge in [0.05, 0.1) is 4.92 Å². The molecule has 1 atom stereocenters. The maximum atomic E-state index is 13.2. The number of amides is 1. The summed E-state index contributed by atoms with van der Waals surface area (Å²) in [6.07, 6.45) is 3.09. The number of benzene rings is 1. The zero-order chi connectivity index (χ0) is 15.4. The molecule has 6 nitrogen and oxygen atoms in total. The van der Waals surface area contributed by atoms with Gasteiger partial charge in [-0.2, -0.15) is 0 Å². The van der Waals surface area contributed by atoms with E-state index in [2.05, 4.69) is 5.32 Å². The lowest BCUT2D eigenvalue weighted by atomic mass is 10.2. The summed E-state index contributed by atoms with van der Waals surface area (Å²) in [7, 11) is 0. The Labute approximate surface area is 121 Å². The molecule has 1 amide bonds. The summed E-state index contributed by atoms with van der Waals surface area (Å²) in [5.74, 6) is -1.24. The first-order valence-electron chi connectivity index (χ1n) is 6.88. The van der Waals surface area contributed by atoms with Crippen LogP contribution in [0.2, 0.25) is 0 Å². The van der Waals surface area contributed by atoms with Crippen molar-refractivity contribution < 1.29 is 18.8 Å². The number of hydrogen-bond acceptors (Lipinski definition) is 4. The molecule has 0 aliphatic heterocycles.